The van der Waals surface area contributed by atoms with E-state index in [2.05, 4.69) is 29.1 Å². The number of allylic oxidation sites excluding steroid dienone is 2. The first-order valence-corrected chi connectivity index (χ1v) is 11.1. The van der Waals surface area contributed by atoms with Crippen molar-refractivity contribution >= 4 is 23.6 Å². The molecule has 0 aromatic rings. The largest absolute Gasteiger partial charge is 0.403 e. The Morgan fingerprint density at radius 3 is 2.34 bits per heavy atom. The molecule has 1 aliphatic heterocycles. The number of unbranched alkanes of at least 4 members (excludes halogenated alkanes) is 2. The van der Waals surface area contributed by atoms with E-state index < -0.39 is 11.9 Å². The highest BCUT2D eigenvalue weighted by molar-refractivity contribution is 5.93. The summed E-state index contributed by atoms with van der Waals surface area (Å²) in [7, 11) is 0. The second-order valence-corrected chi connectivity index (χ2v) is 8.24. The average Bonchev–Trinajstić information content (AvgIpc) is 3.04. The minimum absolute atomic E-state index is 0.0614. The Labute approximate surface area is 190 Å². The summed E-state index contributed by atoms with van der Waals surface area (Å²) in [6.07, 6.45) is 6.97. The minimum atomic E-state index is -0.715. The second kappa shape index (κ2) is 14.1. The van der Waals surface area contributed by atoms with Crippen molar-refractivity contribution in [2.45, 2.75) is 58.4 Å². The Morgan fingerprint density at radius 1 is 1.03 bits per heavy atom. The van der Waals surface area contributed by atoms with Crippen LogP contribution in [-0.4, -0.2) is 54.2 Å². The van der Waals surface area contributed by atoms with Crippen LogP contribution in [0.25, 0.3) is 0 Å². The second-order valence-electron chi connectivity index (χ2n) is 8.24. The lowest BCUT2D eigenvalue weighted by atomic mass is 10.0. The number of nitrogens with zero attached hydrogens (tertiary/aromatic N) is 1. The van der Waals surface area contributed by atoms with Gasteiger partial charge in [0.1, 0.15) is 6.04 Å². The fourth-order valence-corrected chi connectivity index (χ4v) is 3.14. The van der Waals surface area contributed by atoms with E-state index in [1.54, 1.807) is 11.0 Å². The van der Waals surface area contributed by atoms with E-state index in [9.17, 15) is 19.2 Å². The molecule has 9 nitrogen and oxygen atoms in total. The first-order chi connectivity index (χ1) is 15.1. The van der Waals surface area contributed by atoms with E-state index in [-0.39, 0.29) is 36.6 Å². The van der Waals surface area contributed by atoms with Gasteiger partial charge in [-0.15, -0.1) is 0 Å². The molecule has 0 aromatic carbocycles. The molecule has 1 atom stereocenters. The number of rotatable bonds is 15. The summed E-state index contributed by atoms with van der Waals surface area (Å²) < 4.78 is 0. The first-order valence-electron chi connectivity index (χ1n) is 11.1. The molecule has 0 saturated heterocycles. The van der Waals surface area contributed by atoms with E-state index in [4.69, 9.17) is 5.73 Å². The monoisotopic (exact) mass is 447 g/mol. The van der Waals surface area contributed by atoms with Crippen molar-refractivity contribution in [3.8, 4) is 0 Å². The van der Waals surface area contributed by atoms with Gasteiger partial charge < -0.3 is 26.6 Å². The molecule has 0 fully saturated rings. The van der Waals surface area contributed by atoms with Crippen LogP contribution in [0.4, 0.5) is 0 Å². The van der Waals surface area contributed by atoms with Crippen LogP contribution in [0.2, 0.25) is 0 Å². The third-order valence-electron chi connectivity index (χ3n) is 5.00. The highest BCUT2D eigenvalue weighted by Gasteiger charge is 2.24. The van der Waals surface area contributed by atoms with Crippen LogP contribution >= 0.6 is 0 Å². The van der Waals surface area contributed by atoms with Crippen molar-refractivity contribution in [3.05, 3.63) is 36.7 Å². The zero-order chi connectivity index (χ0) is 24.1. The summed E-state index contributed by atoms with van der Waals surface area (Å²) >= 11 is 0. The van der Waals surface area contributed by atoms with Crippen LogP contribution in [0.15, 0.2) is 36.7 Å². The molecule has 0 aromatic heterocycles. The maximum absolute atomic E-state index is 12.4. The molecule has 32 heavy (non-hydrogen) atoms. The summed E-state index contributed by atoms with van der Waals surface area (Å²) in [6, 6.07) is -0.715. The molecule has 0 spiro atoms. The number of nitrogens with two attached hydrogens (primary N) is 1. The predicted molar refractivity (Wildman–Crippen MR) is 124 cm³/mol. The van der Waals surface area contributed by atoms with Gasteiger partial charge >= 0.3 is 0 Å². The molecule has 1 rings (SSSR count). The minimum Gasteiger partial charge on any atom is -0.403 e. The predicted octanol–water partition coefficient (Wildman–Crippen LogP) is 1.08. The van der Waals surface area contributed by atoms with E-state index in [1.807, 2.05) is 13.8 Å². The molecule has 5 N–H and O–H groups in total. The van der Waals surface area contributed by atoms with Crippen LogP contribution < -0.4 is 21.7 Å². The standard InChI is InChI=1S/C23H37N5O4/c1-16(2)22(23(32)26-15-20(30)25-13-8-9-17(3)24)27-19(29)10-6-5-7-14-28-18(4)11-12-21(28)31/h11-12,16,22H,3-10,13-15,24H2,1-2H3,(H,25,30)(H,26,32)(H,27,29). The molecule has 1 heterocycles. The molecular formula is C23H37N5O4. The van der Waals surface area contributed by atoms with Crippen LogP contribution in [0.1, 0.15) is 52.4 Å². The Bertz CT molecular complexity index is 727. The summed E-state index contributed by atoms with van der Waals surface area (Å²) in [4.78, 5) is 49.8. The molecule has 178 valence electrons. The lowest BCUT2D eigenvalue weighted by Crippen LogP contribution is -2.51. The van der Waals surface area contributed by atoms with Crippen LogP contribution in [0.3, 0.4) is 0 Å². The fraction of sp³-hybridized carbons (Fsp3) is 0.565. The van der Waals surface area contributed by atoms with Gasteiger partial charge in [-0.2, -0.15) is 0 Å². The number of carbonyl (C=O) groups is 4. The van der Waals surface area contributed by atoms with Crippen molar-refractivity contribution in [2.24, 2.45) is 11.7 Å². The topological polar surface area (TPSA) is 134 Å². The first kappa shape index (κ1) is 26.9. The third-order valence-corrected chi connectivity index (χ3v) is 5.00. The average molecular weight is 448 g/mol. The van der Waals surface area contributed by atoms with Gasteiger partial charge in [-0.1, -0.05) is 33.4 Å². The lowest BCUT2D eigenvalue weighted by molar-refractivity contribution is -0.131. The Morgan fingerprint density at radius 2 is 1.75 bits per heavy atom. The Kier molecular flexibility index (Phi) is 11.8. The molecule has 1 unspecified atom stereocenters. The van der Waals surface area contributed by atoms with Gasteiger partial charge in [0, 0.05) is 37.0 Å². The van der Waals surface area contributed by atoms with E-state index in [1.165, 1.54) is 6.08 Å². The number of hydrogen-bond acceptors (Lipinski definition) is 5. The zero-order valence-corrected chi connectivity index (χ0v) is 19.2. The van der Waals surface area contributed by atoms with Gasteiger partial charge in [0.05, 0.1) is 6.54 Å². The third kappa shape index (κ3) is 10.3. The van der Waals surface area contributed by atoms with Gasteiger partial charge in [-0.25, -0.2) is 0 Å². The molecule has 0 bridgehead atoms. The number of hydrogen-bond donors (Lipinski definition) is 4. The molecule has 0 aliphatic carbocycles. The number of amides is 4. The van der Waals surface area contributed by atoms with E-state index in [0.717, 1.165) is 12.8 Å². The van der Waals surface area contributed by atoms with Crippen LogP contribution in [0, 0.1) is 5.92 Å². The number of nitrogens with one attached hydrogen (secondary N) is 3. The lowest BCUT2D eigenvalue weighted by Gasteiger charge is -2.21. The highest BCUT2D eigenvalue weighted by atomic mass is 16.2. The molecule has 0 radical (unpaired) electrons. The normalized spacial score (nSPS) is 13.9. The summed E-state index contributed by atoms with van der Waals surface area (Å²) in [6.45, 7) is 11.9. The van der Waals surface area contributed by atoms with Gasteiger partial charge in [0.25, 0.3) is 5.91 Å². The van der Waals surface area contributed by atoms with Crippen molar-refractivity contribution in [2.75, 3.05) is 19.6 Å². The maximum Gasteiger partial charge on any atom is 0.251 e. The summed E-state index contributed by atoms with van der Waals surface area (Å²) in [5.74, 6) is -1.10. The van der Waals surface area contributed by atoms with Gasteiger partial charge in [0.15, 0.2) is 0 Å². The van der Waals surface area contributed by atoms with Crippen LogP contribution in [0.5, 0.6) is 0 Å². The maximum atomic E-state index is 12.4. The number of carbonyl (C=O) groups excluding carboxylic acids is 4. The molecule has 9 heteroatoms. The van der Waals surface area contributed by atoms with Gasteiger partial charge in [-0.05, 0) is 37.7 Å². The molecular weight excluding hydrogens is 410 g/mol. The summed E-state index contributed by atoms with van der Waals surface area (Å²) in [5.41, 5.74) is 6.72. The quantitative estimate of drug-likeness (QED) is 0.279. The van der Waals surface area contributed by atoms with Crippen LogP contribution in [-0.2, 0) is 19.2 Å². The van der Waals surface area contributed by atoms with Crippen molar-refractivity contribution in [1.82, 2.24) is 20.9 Å². The van der Waals surface area contributed by atoms with Gasteiger partial charge in [0.2, 0.25) is 17.7 Å². The Hall–Kier alpha value is -3.10. The van der Waals surface area contributed by atoms with E-state index >= 15 is 0 Å². The molecule has 4 amide bonds. The summed E-state index contributed by atoms with van der Waals surface area (Å²) in [5, 5.41) is 8.03. The van der Waals surface area contributed by atoms with Crippen molar-refractivity contribution in [1.29, 1.82) is 0 Å². The Balaban J connectivity index is 2.27. The highest BCUT2D eigenvalue weighted by Crippen LogP contribution is 2.14. The molecule has 0 saturated carbocycles. The SMILES string of the molecule is C=C(N)CCCNC(=O)CNC(=O)C(NC(=O)CCCCCN1C(=C)C=CC1=O)C(C)C. The molecule has 1 aliphatic rings. The zero-order valence-electron chi connectivity index (χ0n) is 19.2. The van der Waals surface area contributed by atoms with Crippen molar-refractivity contribution < 1.29 is 19.2 Å². The van der Waals surface area contributed by atoms with Crippen molar-refractivity contribution in [3.63, 3.8) is 0 Å². The van der Waals surface area contributed by atoms with Gasteiger partial charge in [-0.3, -0.25) is 19.2 Å². The fourth-order valence-electron chi connectivity index (χ4n) is 3.14. The smallest absolute Gasteiger partial charge is 0.251 e. The van der Waals surface area contributed by atoms with E-state index in [0.29, 0.717) is 43.7 Å².